The quantitative estimate of drug-likeness (QED) is 0.774. The van der Waals surface area contributed by atoms with E-state index in [4.69, 9.17) is 15.2 Å². The van der Waals surface area contributed by atoms with E-state index in [2.05, 4.69) is 34.0 Å². The fraction of sp³-hybridized carbons (Fsp3) is 0.500. The number of methoxy groups -OCH3 is 1. The molecule has 0 saturated carbocycles. The highest BCUT2D eigenvalue weighted by Crippen LogP contribution is 2.35. The van der Waals surface area contributed by atoms with Crippen LogP contribution < -0.4 is 20.5 Å². The molecule has 0 aliphatic carbocycles. The number of nitrogens with zero attached hydrogens (tertiary/aromatic N) is 3. The highest BCUT2D eigenvalue weighted by molar-refractivity contribution is 5.75. The van der Waals surface area contributed by atoms with Crippen LogP contribution in [0.25, 0.3) is 11.1 Å². The van der Waals surface area contributed by atoms with E-state index in [0.717, 1.165) is 36.4 Å². The van der Waals surface area contributed by atoms with Crippen molar-refractivity contribution in [1.82, 2.24) is 14.9 Å². The van der Waals surface area contributed by atoms with Crippen molar-refractivity contribution in [2.75, 3.05) is 44.9 Å². The predicted octanol–water partition coefficient (Wildman–Crippen LogP) is 2.89. The normalized spacial score (nSPS) is 17.3. The highest BCUT2D eigenvalue weighted by Gasteiger charge is 2.25. The Morgan fingerprint density at radius 2 is 2.15 bits per heavy atom. The summed E-state index contributed by atoms with van der Waals surface area (Å²) in [6.45, 7) is 7.36. The van der Waals surface area contributed by atoms with Crippen LogP contribution in [0.1, 0.15) is 20.3 Å². The second-order valence-electron chi connectivity index (χ2n) is 7.16. The van der Waals surface area contributed by atoms with Gasteiger partial charge in [-0.05, 0) is 44.5 Å². The minimum absolute atomic E-state index is 0.425. The molecular weight excluding hydrogens is 342 g/mol. The summed E-state index contributed by atoms with van der Waals surface area (Å²) in [4.78, 5) is 11.0. The number of hydrogen-bond acceptors (Lipinski definition) is 7. The lowest BCUT2D eigenvalue weighted by molar-refractivity contribution is 0.218. The van der Waals surface area contributed by atoms with Crippen LogP contribution >= 0.6 is 0 Å². The first-order chi connectivity index (χ1) is 13.0. The molecule has 2 aromatic rings. The molecule has 1 fully saturated rings. The monoisotopic (exact) mass is 371 g/mol. The number of likely N-dealkylation sites (tertiary alicyclic amines) is 1. The maximum atomic E-state index is 6.14. The third kappa shape index (κ3) is 4.42. The van der Waals surface area contributed by atoms with Gasteiger partial charge >= 0.3 is 0 Å². The molecule has 0 bridgehead atoms. The summed E-state index contributed by atoms with van der Waals surface area (Å²) in [5, 5.41) is 2.89. The van der Waals surface area contributed by atoms with Gasteiger partial charge in [0.1, 0.15) is 5.82 Å². The van der Waals surface area contributed by atoms with Gasteiger partial charge in [0, 0.05) is 37.3 Å². The minimum atomic E-state index is 0.425. The fourth-order valence-electron chi connectivity index (χ4n) is 3.37. The number of nitrogens with one attached hydrogen (secondary N) is 1. The van der Waals surface area contributed by atoms with Crippen LogP contribution in [0.3, 0.4) is 0 Å². The van der Waals surface area contributed by atoms with E-state index < -0.39 is 0 Å². The Bertz CT molecular complexity index is 781. The van der Waals surface area contributed by atoms with E-state index in [0.29, 0.717) is 36.1 Å². The van der Waals surface area contributed by atoms with E-state index in [1.165, 1.54) is 0 Å². The zero-order valence-electron chi connectivity index (χ0n) is 16.5. The highest BCUT2D eigenvalue weighted by atomic mass is 16.5. The van der Waals surface area contributed by atoms with Gasteiger partial charge in [0.2, 0.25) is 5.95 Å². The fourth-order valence-corrected chi connectivity index (χ4v) is 3.37. The molecule has 1 aromatic heterocycles. The Kier molecular flexibility index (Phi) is 6.01. The van der Waals surface area contributed by atoms with Gasteiger partial charge in [-0.1, -0.05) is 6.07 Å². The van der Waals surface area contributed by atoms with Gasteiger partial charge in [0.25, 0.3) is 0 Å². The second-order valence-corrected chi connectivity index (χ2v) is 7.16. The number of ether oxygens (including phenoxy) is 2. The Morgan fingerprint density at radius 1 is 1.33 bits per heavy atom. The minimum Gasteiger partial charge on any atom is -0.493 e. The van der Waals surface area contributed by atoms with Crippen molar-refractivity contribution in [3.63, 3.8) is 0 Å². The van der Waals surface area contributed by atoms with Crippen LogP contribution in [0.2, 0.25) is 0 Å². The second kappa shape index (κ2) is 8.43. The van der Waals surface area contributed by atoms with Crippen LogP contribution in [-0.2, 0) is 0 Å². The number of rotatable bonds is 7. The van der Waals surface area contributed by atoms with Crippen LogP contribution in [0.4, 0.5) is 11.8 Å². The standard InChI is InChI=1S/C20H29N5O2/c1-13(2)25-8-7-14(11-25)12-27-18-9-15(5-6-17(18)26-4)16-10-23-20(22-3)24-19(16)21/h5-6,9-10,13-14H,7-8,11-12H2,1-4H3,(H3,21,22,23,24). The third-order valence-electron chi connectivity index (χ3n) is 5.04. The van der Waals surface area contributed by atoms with Gasteiger partial charge in [-0.25, -0.2) is 4.98 Å². The van der Waals surface area contributed by atoms with Gasteiger partial charge < -0.3 is 25.4 Å². The molecule has 146 valence electrons. The Balaban J connectivity index is 1.76. The maximum Gasteiger partial charge on any atom is 0.224 e. The summed E-state index contributed by atoms with van der Waals surface area (Å²) in [5.41, 5.74) is 7.77. The van der Waals surface area contributed by atoms with Gasteiger partial charge in [-0.3, -0.25) is 0 Å². The number of anilines is 2. The SMILES string of the molecule is CNc1ncc(-c2ccc(OC)c(OCC3CCN(C(C)C)C3)c2)c(N)n1. The predicted molar refractivity (Wildman–Crippen MR) is 108 cm³/mol. The molecule has 0 radical (unpaired) electrons. The number of nitrogen functional groups attached to an aromatic ring is 1. The zero-order chi connectivity index (χ0) is 19.4. The van der Waals surface area contributed by atoms with Crippen molar-refractivity contribution in [1.29, 1.82) is 0 Å². The molecule has 1 saturated heterocycles. The summed E-state index contributed by atoms with van der Waals surface area (Å²) in [6, 6.07) is 6.36. The van der Waals surface area contributed by atoms with Crippen LogP contribution in [-0.4, -0.2) is 54.8 Å². The molecule has 1 unspecified atom stereocenters. The van der Waals surface area contributed by atoms with E-state index in [9.17, 15) is 0 Å². The first kappa shape index (κ1) is 19.2. The van der Waals surface area contributed by atoms with E-state index in [1.54, 1.807) is 20.4 Å². The van der Waals surface area contributed by atoms with E-state index in [1.807, 2.05) is 18.2 Å². The van der Waals surface area contributed by atoms with E-state index in [-0.39, 0.29) is 0 Å². The summed E-state index contributed by atoms with van der Waals surface area (Å²) in [7, 11) is 3.41. The maximum absolute atomic E-state index is 6.14. The molecule has 3 rings (SSSR count). The number of aromatic nitrogens is 2. The number of nitrogens with two attached hydrogens (primary N) is 1. The molecule has 1 aliphatic rings. The van der Waals surface area contributed by atoms with Crippen LogP contribution in [0.15, 0.2) is 24.4 Å². The third-order valence-corrected chi connectivity index (χ3v) is 5.04. The molecule has 2 heterocycles. The summed E-state index contributed by atoms with van der Waals surface area (Å²) in [6.07, 6.45) is 2.88. The Labute approximate surface area is 160 Å². The van der Waals surface area contributed by atoms with Crippen molar-refractivity contribution in [2.45, 2.75) is 26.3 Å². The van der Waals surface area contributed by atoms with Crippen molar-refractivity contribution >= 4 is 11.8 Å². The van der Waals surface area contributed by atoms with Crippen molar-refractivity contribution in [2.24, 2.45) is 5.92 Å². The van der Waals surface area contributed by atoms with Crippen molar-refractivity contribution < 1.29 is 9.47 Å². The molecular formula is C20H29N5O2. The Morgan fingerprint density at radius 3 is 2.78 bits per heavy atom. The molecule has 27 heavy (non-hydrogen) atoms. The number of benzene rings is 1. The first-order valence-corrected chi connectivity index (χ1v) is 9.37. The van der Waals surface area contributed by atoms with Gasteiger partial charge in [-0.15, -0.1) is 0 Å². The smallest absolute Gasteiger partial charge is 0.224 e. The van der Waals surface area contributed by atoms with Gasteiger partial charge in [0.15, 0.2) is 11.5 Å². The summed E-state index contributed by atoms with van der Waals surface area (Å²) >= 11 is 0. The zero-order valence-corrected chi connectivity index (χ0v) is 16.5. The lowest BCUT2D eigenvalue weighted by Gasteiger charge is -2.20. The summed E-state index contributed by atoms with van der Waals surface area (Å²) in [5.74, 6) is 2.88. The molecule has 0 spiro atoms. The number of hydrogen-bond donors (Lipinski definition) is 2. The van der Waals surface area contributed by atoms with Crippen molar-refractivity contribution in [3.05, 3.63) is 24.4 Å². The lowest BCUT2D eigenvalue weighted by Crippen LogP contribution is -2.29. The largest absolute Gasteiger partial charge is 0.493 e. The average Bonchev–Trinajstić information content (AvgIpc) is 3.15. The van der Waals surface area contributed by atoms with Crippen LogP contribution in [0, 0.1) is 5.92 Å². The first-order valence-electron chi connectivity index (χ1n) is 9.37. The molecule has 1 aliphatic heterocycles. The lowest BCUT2D eigenvalue weighted by atomic mass is 10.1. The molecule has 0 amide bonds. The van der Waals surface area contributed by atoms with Gasteiger partial charge in [0.05, 0.1) is 13.7 Å². The average molecular weight is 371 g/mol. The van der Waals surface area contributed by atoms with Crippen molar-refractivity contribution in [3.8, 4) is 22.6 Å². The molecule has 7 heteroatoms. The molecule has 1 aromatic carbocycles. The van der Waals surface area contributed by atoms with E-state index >= 15 is 0 Å². The Hall–Kier alpha value is -2.54. The van der Waals surface area contributed by atoms with Crippen LogP contribution in [0.5, 0.6) is 11.5 Å². The molecule has 3 N–H and O–H groups in total. The van der Waals surface area contributed by atoms with Gasteiger partial charge in [-0.2, -0.15) is 4.98 Å². The molecule has 7 nitrogen and oxygen atoms in total. The topological polar surface area (TPSA) is 85.5 Å². The molecule has 1 atom stereocenters. The summed E-state index contributed by atoms with van der Waals surface area (Å²) < 4.78 is 11.6.